The zero-order valence-corrected chi connectivity index (χ0v) is 16.6. The summed E-state index contributed by atoms with van der Waals surface area (Å²) in [7, 11) is 0. The van der Waals surface area contributed by atoms with Crippen LogP contribution in [0.15, 0.2) is 35.4 Å². The summed E-state index contributed by atoms with van der Waals surface area (Å²) in [6.07, 6.45) is -4.77. The fraction of sp³-hybridized carbons (Fsp3) is 0.550. The van der Waals surface area contributed by atoms with Crippen LogP contribution >= 0.6 is 0 Å². The molecule has 1 aromatic rings. The fourth-order valence-electron chi connectivity index (χ4n) is 3.69. The number of halogens is 3. The molecule has 1 aromatic carbocycles. The van der Waals surface area contributed by atoms with Gasteiger partial charge in [-0.25, -0.2) is 9.80 Å². The average molecular weight is 411 g/mol. The Morgan fingerprint density at radius 2 is 1.86 bits per heavy atom. The molecular weight excluding hydrogens is 387 g/mol. The highest BCUT2D eigenvalue weighted by atomic mass is 19.4. The number of fused-ring (bicyclic) bond motifs is 1. The van der Waals surface area contributed by atoms with Crippen LogP contribution in [0, 0.1) is 5.41 Å². The molecule has 0 aromatic heterocycles. The van der Waals surface area contributed by atoms with Crippen molar-refractivity contribution in [3.63, 3.8) is 0 Å². The molecule has 2 heterocycles. The van der Waals surface area contributed by atoms with Gasteiger partial charge in [0.2, 0.25) is 0 Å². The SMILES string of the molecule is CC(C)(C)OC(=O)N1CCC2=NN(CC(F)(F)F)C(=O)C2(Cc2ccccc2)C1. The summed E-state index contributed by atoms with van der Waals surface area (Å²) in [4.78, 5) is 27.1. The predicted molar refractivity (Wildman–Crippen MR) is 100 cm³/mol. The maximum atomic E-state index is 13.1. The van der Waals surface area contributed by atoms with Gasteiger partial charge in [-0.1, -0.05) is 30.3 Å². The number of rotatable bonds is 3. The molecule has 6 nitrogen and oxygen atoms in total. The molecule has 2 aliphatic rings. The van der Waals surface area contributed by atoms with Crippen molar-refractivity contribution in [2.24, 2.45) is 10.5 Å². The van der Waals surface area contributed by atoms with Gasteiger partial charge in [0.1, 0.15) is 17.6 Å². The van der Waals surface area contributed by atoms with E-state index < -0.39 is 35.7 Å². The minimum absolute atomic E-state index is 0.0666. The molecule has 1 saturated heterocycles. The van der Waals surface area contributed by atoms with Gasteiger partial charge in [0.05, 0.1) is 5.71 Å². The van der Waals surface area contributed by atoms with E-state index in [0.717, 1.165) is 5.56 Å². The minimum atomic E-state index is -4.56. The molecule has 1 fully saturated rings. The van der Waals surface area contributed by atoms with Gasteiger partial charge in [0.15, 0.2) is 0 Å². The lowest BCUT2D eigenvalue weighted by Gasteiger charge is -2.39. The highest BCUT2D eigenvalue weighted by Crippen LogP contribution is 2.40. The van der Waals surface area contributed by atoms with E-state index in [0.29, 0.717) is 10.7 Å². The van der Waals surface area contributed by atoms with Crippen molar-refractivity contribution < 1.29 is 27.5 Å². The van der Waals surface area contributed by atoms with E-state index in [1.165, 1.54) is 4.90 Å². The number of piperidine rings is 1. The number of likely N-dealkylation sites (tertiary alicyclic amines) is 1. The van der Waals surface area contributed by atoms with Gasteiger partial charge in [-0.2, -0.15) is 18.3 Å². The quantitative estimate of drug-likeness (QED) is 0.763. The van der Waals surface area contributed by atoms with E-state index in [1.54, 1.807) is 45.0 Å². The minimum Gasteiger partial charge on any atom is -0.444 e. The molecule has 0 bridgehead atoms. The van der Waals surface area contributed by atoms with Crippen molar-refractivity contribution in [3.8, 4) is 0 Å². The zero-order valence-electron chi connectivity index (χ0n) is 16.6. The van der Waals surface area contributed by atoms with Crippen LogP contribution in [0.3, 0.4) is 0 Å². The number of carbonyl (C=O) groups is 2. The Morgan fingerprint density at radius 3 is 2.45 bits per heavy atom. The summed E-state index contributed by atoms with van der Waals surface area (Å²) >= 11 is 0. The van der Waals surface area contributed by atoms with Gasteiger partial charge < -0.3 is 9.64 Å². The van der Waals surface area contributed by atoms with Crippen LogP contribution in [0.25, 0.3) is 0 Å². The molecule has 0 N–H and O–H groups in total. The number of hydrazone groups is 1. The smallest absolute Gasteiger partial charge is 0.410 e. The average Bonchev–Trinajstić information content (AvgIpc) is 2.84. The van der Waals surface area contributed by atoms with Crippen molar-refractivity contribution in [1.82, 2.24) is 9.91 Å². The first-order valence-electron chi connectivity index (χ1n) is 9.38. The van der Waals surface area contributed by atoms with Crippen molar-refractivity contribution >= 4 is 17.7 Å². The van der Waals surface area contributed by atoms with Crippen molar-refractivity contribution in [1.29, 1.82) is 0 Å². The lowest BCUT2D eigenvalue weighted by molar-refractivity contribution is -0.163. The molecule has 158 valence electrons. The summed E-state index contributed by atoms with van der Waals surface area (Å²) in [6.45, 7) is 3.91. The van der Waals surface area contributed by atoms with Gasteiger partial charge in [-0.15, -0.1) is 0 Å². The van der Waals surface area contributed by atoms with Crippen molar-refractivity contribution in [2.75, 3.05) is 19.6 Å². The van der Waals surface area contributed by atoms with Crippen LogP contribution in [0.1, 0.15) is 32.8 Å². The third kappa shape index (κ3) is 4.71. The highest BCUT2D eigenvalue weighted by Gasteiger charge is 2.56. The predicted octanol–water partition coefficient (Wildman–Crippen LogP) is 3.62. The Morgan fingerprint density at radius 1 is 1.21 bits per heavy atom. The monoisotopic (exact) mass is 411 g/mol. The van der Waals surface area contributed by atoms with E-state index in [2.05, 4.69) is 5.10 Å². The summed E-state index contributed by atoms with van der Waals surface area (Å²) in [6, 6.07) is 9.02. The zero-order chi connectivity index (χ0) is 21.4. The van der Waals surface area contributed by atoms with Crippen molar-refractivity contribution in [2.45, 2.75) is 45.4 Å². The maximum Gasteiger partial charge on any atom is 0.410 e. The summed E-state index contributed by atoms with van der Waals surface area (Å²) in [5.74, 6) is -0.734. The lowest BCUT2D eigenvalue weighted by Crippen LogP contribution is -2.56. The van der Waals surface area contributed by atoms with Crippen LogP contribution in [0.4, 0.5) is 18.0 Å². The van der Waals surface area contributed by atoms with E-state index >= 15 is 0 Å². The van der Waals surface area contributed by atoms with Crippen LogP contribution in [0.2, 0.25) is 0 Å². The number of alkyl halides is 3. The fourth-order valence-corrected chi connectivity index (χ4v) is 3.69. The number of hydrogen-bond acceptors (Lipinski definition) is 4. The van der Waals surface area contributed by atoms with E-state index in [4.69, 9.17) is 4.74 Å². The Kier molecular flexibility index (Phi) is 5.36. The van der Waals surface area contributed by atoms with E-state index in [1.807, 2.05) is 6.07 Å². The number of nitrogens with zero attached hydrogens (tertiary/aromatic N) is 3. The molecule has 9 heteroatoms. The van der Waals surface area contributed by atoms with Crippen LogP contribution in [0.5, 0.6) is 0 Å². The third-order valence-electron chi connectivity index (χ3n) is 4.85. The molecule has 0 aliphatic carbocycles. The molecule has 29 heavy (non-hydrogen) atoms. The van der Waals surface area contributed by atoms with Crippen LogP contribution in [-0.2, 0) is 16.0 Å². The van der Waals surface area contributed by atoms with Gasteiger partial charge in [0.25, 0.3) is 5.91 Å². The van der Waals surface area contributed by atoms with Gasteiger partial charge in [0, 0.05) is 19.5 Å². The largest absolute Gasteiger partial charge is 0.444 e. The Hall–Kier alpha value is -2.58. The normalized spacial score (nSPS) is 22.4. The van der Waals surface area contributed by atoms with Crippen LogP contribution < -0.4 is 0 Å². The maximum absolute atomic E-state index is 13.1. The highest BCUT2D eigenvalue weighted by molar-refractivity contribution is 6.13. The molecule has 0 saturated carbocycles. The topological polar surface area (TPSA) is 62.2 Å². The van der Waals surface area contributed by atoms with Gasteiger partial charge in [-0.3, -0.25) is 4.79 Å². The molecule has 3 rings (SSSR count). The lowest BCUT2D eigenvalue weighted by atomic mass is 9.73. The molecule has 2 amide bonds. The molecule has 2 aliphatic heterocycles. The first-order chi connectivity index (χ1) is 13.4. The van der Waals surface area contributed by atoms with Gasteiger partial charge in [-0.05, 0) is 32.8 Å². The summed E-state index contributed by atoms with van der Waals surface area (Å²) in [5.41, 5.74) is -0.870. The number of amides is 2. The van der Waals surface area contributed by atoms with Gasteiger partial charge >= 0.3 is 12.3 Å². The first-order valence-corrected chi connectivity index (χ1v) is 9.38. The summed E-state index contributed by atoms with van der Waals surface area (Å²) < 4.78 is 44.3. The van der Waals surface area contributed by atoms with Crippen LogP contribution in [-0.4, -0.2) is 59.0 Å². The molecule has 0 spiro atoms. The van der Waals surface area contributed by atoms with E-state index in [-0.39, 0.29) is 25.9 Å². The summed E-state index contributed by atoms with van der Waals surface area (Å²) in [5, 5.41) is 4.51. The number of carbonyl (C=O) groups excluding carboxylic acids is 2. The molecular formula is C20H24F3N3O3. The second-order valence-corrected chi connectivity index (χ2v) is 8.42. The standard InChI is InChI=1S/C20H24F3N3O3/c1-18(2,3)29-17(28)25-10-9-15-19(12-25,11-14-7-5-4-6-8-14)16(27)26(24-15)13-20(21,22)23/h4-8H,9-13H2,1-3H3. The number of benzene rings is 1. The first kappa shape index (κ1) is 21.1. The molecule has 1 atom stereocenters. The number of hydrogen-bond donors (Lipinski definition) is 0. The second-order valence-electron chi connectivity index (χ2n) is 8.42. The Labute approximate surface area is 167 Å². The van der Waals surface area contributed by atoms with E-state index in [9.17, 15) is 22.8 Å². The molecule has 1 unspecified atom stereocenters. The number of ether oxygens (including phenoxy) is 1. The molecule has 0 radical (unpaired) electrons. The third-order valence-corrected chi connectivity index (χ3v) is 4.85. The second kappa shape index (κ2) is 7.35. The Balaban J connectivity index is 1.92. The Bertz CT molecular complexity index is 818. The van der Waals surface area contributed by atoms with Crippen molar-refractivity contribution in [3.05, 3.63) is 35.9 Å².